The maximum Gasteiger partial charge on any atom is 0.0415 e. The second-order valence-corrected chi connectivity index (χ2v) is 4.08. The first kappa shape index (κ1) is 9.75. The van der Waals surface area contributed by atoms with E-state index in [2.05, 4.69) is 24.5 Å². The molecule has 0 amide bonds. The van der Waals surface area contributed by atoms with Crippen molar-refractivity contribution in [3.63, 3.8) is 0 Å². The van der Waals surface area contributed by atoms with Crippen molar-refractivity contribution < 1.29 is 0 Å². The van der Waals surface area contributed by atoms with Crippen LogP contribution in [0.5, 0.6) is 0 Å². The van der Waals surface area contributed by atoms with E-state index in [4.69, 9.17) is 11.6 Å². The lowest BCUT2D eigenvalue weighted by atomic mass is 10.0. The Morgan fingerprint density at radius 2 is 2.29 bits per heavy atom. The third-order valence-corrected chi connectivity index (χ3v) is 3.00. The summed E-state index contributed by atoms with van der Waals surface area (Å²) in [5, 5.41) is 0.816. The van der Waals surface area contributed by atoms with Crippen molar-refractivity contribution in [3.8, 4) is 0 Å². The van der Waals surface area contributed by atoms with Crippen LogP contribution in [-0.2, 0) is 13.1 Å². The average Bonchev–Trinajstić information content (AvgIpc) is 2.59. The number of rotatable bonds is 2. The van der Waals surface area contributed by atoms with Gasteiger partial charge in [0, 0.05) is 18.1 Å². The Balaban J connectivity index is 2.45. The Bertz CT molecular complexity index is 371. The molecule has 0 saturated heterocycles. The predicted molar refractivity (Wildman–Crippen MR) is 61.3 cm³/mol. The minimum atomic E-state index is 0.816. The molecule has 0 atom stereocenters. The molecule has 14 heavy (non-hydrogen) atoms. The Morgan fingerprint density at radius 1 is 1.50 bits per heavy atom. The van der Waals surface area contributed by atoms with Gasteiger partial charge >= 0.3 is 0 Å². The molecule has 1 heterocycles. The fraction of sp³-hybridized carbons (Fsp3) is 0.333. The second kappa shape index (κ2) is 3.76. The Hall–Kier alpha value is -0.790. The molecule has 0 spiro atoms. The normalized spacial score (nSPS) is 15.6. The lowest BCUT2D eigenvalue weighted by Gasteiger charge is -2.09. The molecule has 0 radical (unpaired) electrons. The van der Waals surface area contributed by atoms with Crippen molar-refractivity contribution in [2.24, 2.45) is 0 Å². The molecule has 0 N–H and O–H groups in total. The van der Waals surface area contributed by atoms with E-state index in [0.29, 0.717) is 0 Å². The van der Waals surface area contributed by atoms with E-state index in [0.717, 1.165) is 24.7 Å². The van der Waals surface area contributed by atoms with E-state index in [1.807, 2.05) is 12.1 Å². The molecule has 1 nitrogen and oxygen atoms in total. The predicted octanol–water partition coefficient (Wildman–Crippen LogP) is 3.32. The summed E-state index contributed by atoms with van der Waals surface area (Å²) in [5.41, 5.74) is 3.93. The third-order valence-electron chi connectivity index (χ3n) is 2.78. The zero-order valence-electron chi connectivity index (χ0n) is 8.39. The van der Waals surface area contributed by atoms with E-state index in [-0.39, 0.29) is 0 Å². The van der Waals surface area contributed by atoms with Crippen LogP contribution in [0, 0.1) is 0 Å². The molecule has 1 aromatic carbocycles. The molecule has 0 saturated carbocycles. The smallest absolute Gasteiger partial charge is 0.0415 e. The van der Waals surface area contributed by atoms with Gasteiger partial charge in [-0.05, 0) is 35.4 Å². The number of hydrogen-bond acceptors (Lipinski definition) is 1. The van der Waals surface area contributed by atoms with Gasteiger partial charge in [-0.1, -0.05) is 31.2 Å². The largest absolute Gasteiger partial charge is 0.295 e. The Kier molecular flexibility index (Phi) is 2.62. The van der Waals surface area contributed by atoms with Gasteiger partial charge in [-0.25, -0.2) is 0 Å². The van der Waals surface area contributed by atoms with E-state index in [1.54, 1.807) is 0 Å². The molecular weight excluding hydrogens is 194 g/mol. The van der Waals surface area contributed by atoms with Crippen molar-refractivity contribution in [1.82, 2.24) is 4.90 Å². The maximum atomic E-state index is 6.03. The third kappa shape index (κ3) is 1.58. The van der Waals surface area contributed by atoms with Crippen LogP contribution in [-0.4, -0.2) is 11.4 Å². The first-order chi connectivity index (χ1) is 6.74. The fourth-order valence-corrected chi connectivity index (χ4v) is 2.23. The lowest BCUT2D eigenvalue weighted by molar-refractivity contribution is 0.301. The van der Waals surface area contributed by atoms with Gasteiger partial charge in [-0.2, -0.15) is 0 Å². The maximum absolute atomic E-state index is 6.03. The Morgan fingerprint density at radius 3 is 2.93 bits per heavy atom. The van der Waals surface area contributed by atoms with Gasteiger partial charge in [0.25, 0.3) is 0 Å². The van der Waals surface area contributed by atoms with Crippen LogP contribution in [0.4, 0.5) is 0 Å². The van der Waals surface area contributed by atoms with Crippen LogP contribution in [0.25, 0.3) is 6.08 Å². The van der Waals surface area contributed by atoms with Crippen molar-refractivity contribution in [1.29, 1.82) is 0 Å². The van der Waals surface area contributed by atoms with Crippen molar-refractivity contribution in [2.45, 2.75) is 20.0 Å². The summed E-state index contributed by atoms with van der Waals surface area (Å²) in [6.07, 6.45) is 1.89. The molecule has 2 rings (SSSR count). The van der Waals surface area contributed by atoms with Gasteiger partial charge in [0.15, 0.2) is 0 Å². The highest BCUT2D eigenvalue weighted by Crippen LogP contribution is 2.29. The minimum Gasteiger partial charge on any atom is -0.295 e. The van der Waals surface area contributed by atoms with Gasteiger partial charge in [0.2, 0.25) is 0 Å². The van der Waals surface area contributed by atoms with Crippen molar-refractivity contribution in [3.05, 3.63) is 40.4 Å². The summed E-state index contributed by atoms with van der Waals surface area (Å²) in [5.74, 6) is 0. The van der Waals surface area contributed by atoms with Crippen LogP contribution in [0.2, 0.25) is 5.02 Å². The van der Waals surface area contributed by atoms with Gasteiger partial charge in [0.1, 0.15) is 0 Å². The summed E-state index contributed by atoms with van der Waals surface area (Å²) < 4.78 is 0. The summed E-state index contributed by atoms with van der Waals surface area (Å²) in [4.78, 5) is 2.40. The Labute approximate surface area is 90.0 Å². The quantitative estimate of drug-likeness (QED) is 0.719. The highest BCUT2D eigenvalue weighted by atomic mass is 35.5. The van der Waals surface area contributed by atoms with E-state index < -0.39 is 0 Å². The standard InChI is InChI=1S/C12H14ClN/c1-3-9-5-11(13)6-10-7-14(4-2)8-12(9)10/h3,5-6H,1,4,7-8H2,2H3. The van der Waals surface area contributed by atoms with E-state index >= 15 is 0 Å². The average molecular weight is 208 g/mol. The first-order valence-electron chi connectivity index (χ1n) is 4.90. The summed E-state index contributed by atoms with van der Waals surface area (Å²) in [6.45, 7) is 9.14. The van der Waals surface area contributed by atoms with Crippen molar-refractivity contribution in [2.75, 3.05) is 6.54 Å². The molecule has 1 aliphatic rings. The number of benzene rings is 1. The second-order valence-electron chi connectivity index (χ2n) is 3.64. The number of halogens is 1. The minimum absolute atomic E-state index is 0.816. The molecule has 1 aromatic rings. The zero-order valence-corrected chi connectivity index (χ0v) is 9.14. The van der Waals surface area contributed by atoms with E-state index in [9.17, 15) is 0 Å². The molecule has 0 unspecified atom stereocenters. The fourth-order valence-electron chi connectivity index (χ4n) is 1.98. The molecule has 1 aliphatic heterocycles. The van der Waals surface area contributed by atoms with Gasteiger partial charge in [-0.15, -0.1) is 0 Å². The number of nitrogens with zero attached hydrogens (tertiary/aromatic N) is 1. The first-order valence-corrected chi connectivity index (χ1v) is 5.28. The molecule has 0 fully saturated rings. The van der Waals surface area contributed by atoms with Crippen molar-refractivity contribution >= 4 is 17.7 Å². The van der Waals surface area contributed by atoms with Crippen LogP contribution in [0.15, 0.2) is 18.7 Å². The SMILES string of the molecule is C=Cc1cc(Cl)cc2c1CN(CC)C2. The van der Waals surface area contributed by atoms with Crippen LogP contribution >= 0.6 is 11.6 Å². The molecule has 74 valence electrons. The molecule has 0 bridgehead atoms. The topological polar surface area (TPSA) is 3.24 Å². The van der Waals surface area contributed by atoms with Gasteiger partial charge in [-0.3, -0.25) is 4.90 Å². The molecular formula is C12H14ClN. The molecule has 2 heteroatoms. The number of fused-ring (bicyclic) bond motifs is 1. The van der Waals surface area contributed by atoms with E-state index in [1.165, 1.54) is 16.7 Å². The zero-order chi connectivity index (χ0) is 10.1. The summed E-state index contributed by atoms with van der Waals surface area (Å²) in [7, 11) is 0. The monoisotopic (exact) mass is 207 g/mol. The highest BCUT2D eigenvalue weighted by molar-refractivity contribution is 6.30. The summed E-state index contributed by atoms with van der Waals surface area (Å²) >= 11 is 6.03. The van der Waals surface area contributed by atoms with Crippen LogP contribution in [0.3, 0.4) is 0 Å². The van der Waals surface area contributed by atoms with Gasteiger partial charge < -0.3 is 0 Å². The number of hydrogen-bond donors (Lipinski definition) is 0. The summed E-state index contributed by atoms with van der Waals surface area (Å²) in [6, 6.07) is 4.06. The van der Waals surface area contributed by atoms with Crippen LogP contribution in [0.1, 0.15) is 23.6 Å². The molecule has 0 aliphatic carbocycles. The van der Waals surface area contributed by atoms with Crippen LogP contribution < -0.4 is 0 Å². The highest BCUT2D eigenvalue weighted by Gasteiger charge is 2.19. The lowest BCUT2D eigenvalue weighted by Crippen LogP contribution is -2.14. The molecule has 0 aromatic heterocycles. The van der Waals surface area contributed by atoms with Gasteiger partial charge in [0.05, 0.1) is 0 Å².